The number of hydrogen-bond acceptors (Lipinski definition) is 1. The average Bonchev–Trinajstić information content (AvgIpc) is 2.40. The Bertz CT molecular complexity index is 613. The molecule has 2 aromatic carbocycles. The van der Waals surface area contributed by atoms with E-state index in [1.165, 1.54) is 22.3 Å². The van der Waals surface area contributed by atoms with Gasteiger partial charge >= 0.3 is 0 Å². The van der Waals surface area contributed by atoms with Gasteiger partial charge in [-0.2, -0.15) is 0 Å². The molecule has 2 aromatic rings. The van der Waals surface area contributed by atoms with Crippen molar-refractivity contribution in [1.82, 2.24) is 0 Å². The lowest BCUT2D eigenvalue weighted by atomic mass is 10.1. The number of nitrogens with one attached hydrogen (secondary N) is 1. The summed E-state index contributed by atoms with van der Waals surface area (Å²) in [4.78, 5) is 4.38. The normalized spacial score (nSPS) is 11.0. The van der Waals surface area contributed by atoms with Crippen LogP contribution in [0.25, 0.3) is 0 Å². The number of benzene rings is 2. The first kappa shape index (κ1) is 18.5. The van der Waals surface area contributed by atoms with E-state index in [0.29, 0.717) is 12.5 Å². The standard InChI is InChI=1S/C18H23N3.HI/c1-13-4-6-17(7-5-13)21-18(19)20-9-8-16-11-14(2)10-15(3)12-16;/h4-7,10-12H,8-9H2,1-3H3,(H3,19,20,21);1H. The number of hydrogen-bond donors (Lipinski definition) is 2. The van der Waals surface area contributed by atoms with Gasteiger partial charge in [0, 0.05) is 12.2 Å². The molecule has 0 fully saturated rings. The summed E-state index contributed by atoms with van der Waals surface area (Å²) in [6.45, 7) is 6.98. The van der Waals surface area contributed by atoms with E-state index >= 15 is 0 Å². The minimum atomic E-state index is 0. The first-order valence-electron chi connectivity index (χ1n) is 7.24. The summed E-state index contributed by atoms with van der Waals surface area (Å²) in [5.74, 6) is 0.461. The van der Waals surface area contributed by atoms with Crippen LogP contribution in [0.2, 0.25) is 0 Å². The van der Waals surface area contributed by atoms with E-state index in [2.05, 4.69) is 49.3 Å². The first-order valence-corrected chi connectivity index (χ1v) is 7.24. The predicted octanol–water partition coefficient (Wildman–Crippen LogP) is 4.20. The Morgan fingerprint density at radius 3 is 2.14 bits per heavy atom. The number of rotatable bonds is 4. The smallest absolute Gasteiger partial charge is 0.193 e. The Balaban J connectivity index is 0.00000242. The average molecular weight is 409 g/mol. The number of nitrogens with zero attached hydrogens (tertiary/aromatic N) is 1. The van der Waals surface area contributed by atoms with Crippen LogP contribution >= 0.6 is 24.0 Å². The Hall–Kier alpha value is -1.56. The van der Waals surface area contributed by atoms with Crippen molar-refractivity contribution in [3.8, 4) is 0 Å². The molecule has 0 aliphatic heterocycles. The number of aryl methyl sites for hydroxylation is 3. The third-order valence-electron chi connectivity index (χ3n) is 3.29. The van der Waals surface area contributed by atoms with Gasteiger partial charge in [0.2, 0.25) is 0 Å². The topological polar surface area (TPSA) is 50.4 Å². The van der Waals surface area contributed by atoms with Crippen LogP contribution in [0.3, 0.4) is 0 Å². The molecule has 2 rings (SSSR count). The van der Waals surface area contributed by atoms with Gasteiger partial charge in [0.25, 0.3) is 0 Å². The molecule has 0 atom stereocenters. The lowest BCUT2D eigenvalue weighted by molar-refractivity contribution is 0.960. The molecule has 3 N–H and O–H groups in total. The number of anilines is 1. The number of halogens is 1. The van der Waals surface area contributed by atoms with Gasteiger partial charge in [-0.1, -0.05) is 47.0 Å². The number of guanidine groups is 1. The highest BCUT2D eigenvalue weighted by Gasteiger charge is 1.97. The zero-order valence-electron chi connectivity index (χ0n) is 13.4. The Morgan fingerprint density at radius 2 is 1.55 bits per heavy atom. The third kappa shape index (κ3) is 6.05. The lowest BCUT2D eigenvalue weighted by Crippen LogP contribution is -2.23. The Kier molecular flexibility index (Phi) is 7.38. The van der Waals surface area contributed by atoms with Gasteiger partial charge in [-0.3, -0.25) is 4.99 Å². The lowest BCUT2D eigenvalue weighted by Gasteiger charge is -2.06. The van der Waals surface area contributed by atoms with Gasteiger partial charge in [0.1, 0.15) is 0 Å². The fraction of sp³-hybridized carbons (Fsp3) is 0.278. The van der Waals surface area contributed by atoms with Crippen LogP contribution in [-0.4, -0.2) is 12.5 Å². The highest BCUT2D eigenvalue weighted by molar-refractivity contribution is 14.0. The molecule has 0 radical (unpaired) electrons. The van der Waals surface area contributed by atoms with Crippen molar-refractivity contribution in [1.29, 1.82) is 0 Å². The number of nitrogens with two attached hydrogens (primary N) is 1. The molecule has 0 saturated carbocycles. The molecule has 0 amide bonds. The van der Waals surface area contributed by atoms with Crippen LogP contribution in [0, 0.1) is 20.8 Å². The summed E-state index contributed by atoms with van der Waals surface area (Å²) in [6.07, 6.45) is 0.902. The van der Waals surface area contributed by atoms with E-state index < -0.39 is 0 Å². The molecule has 0 bridgehead atoms. The highest BCUT2D eigenvalue weighted by Crippen LogP contribution is 2.10. The maximum atomic E-state index is 5.91. The predicted molar refractivity (Wildman–Crippen MR) is 106 cm³/mol. The second-order valence-corrected chi connectivity index (χ2v) is 5.50. The van der Waals surface area contributed by atoms with Crippen LogP contribution in [0.15, 0.2) is 47.5 Å². The molecule has 22 heavy (non-hydrogen) atoms. The molecule has 118 valence electrons. The second-order valence-electron chi connectivity index (χ2n) is 5.50. The van der Waals surface area contributed by atoms with Crippen LogP contribution in [-0.2, 0) is 6.42 Å². The van der Waals surface area contributed by atoms with Gasteiger partial charge in [-0.25, -0.2) is 0 Å². The van der Waals surface area contributed by atoms with Crippen molar-refractivity contribution in [2.45, 2.75) is 27.2 Å². The van der Waals surface area contributed by atoms with Gasteiger partial charge in [0.05, 0.1) is 0 Å². The van der Waals surface area contributed by atoms with E-state index in [9.17, 15) is 0 Å². The van der Waals surface area contributed by atoms with Crippen molar-refractivity contribution in [3.63, 3.8) is 0 Å². The van der Waals surface area contributed by atoms with Crippen LogP contribution in [0.5, 0.6) is 0 Å². The van der Waals surface area contributed by atoms with E-state index in [0.717, 1.165) is 12.1 Å². The molecule has 3 nitrogen and oxygen atoms in total. The van der Waals surface area contributed by atoms with Crippen molar-refractivity contribution in [2.75, 3.05) is 11.9 Å². The summed E-state index contributed by atoms with van der Waals surface area (Å²) in [7, 11) is 0. The van der Waals surface area contributed by atoms with Gasteiger partial charge < -0.3 is 11.1 Å². The minimum absolute atomic E-state index is 0. The second kappa shape index (κ2) is 8.78. The molecule has 0 aliphatic rings. The monoisotopic (exact) mass is 409 g/mol. The molecule has 0 heterocycles. The van der Waals surface area contributed by atoms with Crippen molar-refractivity contribution in [2.24, 2.45) is 10.7 Å². The first-order chi connectivity index (χ1) is 10.0. The quantitative estimate of drug-likeness (QED) is 0.452. The molecule has 0 aromatic heterocycles. The molecule has 0 unspecified atom stereocenters. The zero-order chi connectivity index (χ0) is 15.2. The molecular formula is C18H24IN3. The van der Waals surface area contributed by atoms with Gasteiger partial charge in [-0.05, 0) is 44.9 Å². The fourth-order valence-electron chi connectivity index (χ4n) is 2.34. The van der Waals surface area contributed by atoms with Crippen LogP contribution in [0.4, 0.5) is 5.69 Å². The summed E-state index contributed by atoms with van der Waals surface area (Å²) in [5, 5.41) is 3.11. The summed E-state index contributed by atoms with van der Waals surface area (Å²) in [6, 6.07) is 14.7. The van der Waals surface area contributed by atoms with E-state index in [1.54, 1.807) is 0 Å². The number of aliphatic imine (C=N–C) groups is 1. The maximum Gasteiger partial charge on any atom is 0.193 e. The highest BCUT2D eigenvalue weighted by atomic mass is 127. The van der Waals surface area contributed by atoms with Crippen molar-refractivity contribution in [3.05, 3.63) is 64.7 Å². The van der Waals surface area contributed by atoms with Crippen LogP contribution in [0.1, 0.15) is 22.3 Å². The summed E-state index contributed by atoms with van der Waals surface area (Å²) >= 11 is 0. The minimum Gasteiger partial charge on any atom is -0.370 e. The molecule has 0 aliphatic carbocycles. The van der Waals surface area contributed by atoms with Gasteiger partial charge in [0.15, 0.2) is 5.96 Å². The van der Waals surface area contributed by atoms with E-state index in [4.69, 9.17) is 5.73 Å². The molecular weight excluding hydrogens is 385 g/mol. The van der Waals surface area contributed by atoms with Crippen molar-refractivity contribution >= 4 is 35.6 Å². The third-order valence-corrected chi connectivity index (χ3v) is 3.29. The maximum absolute atomic E-state index is 5.91. The largest absolute Gasteiger partial charge is 0.370 e. The summed E-state index contributed by atoms with van der Waals surface area (Å²) < 4.78 is 0. The van der Waals surface area contributed by atoms with Gasteiger partial charge in [-0.15, -0.1) is 24.0 Å². The van der Waals surface area contributed by atoms with Crippen LogP contribution < -0.4 is 11.1 Å². The molecule has 0 saturated heterocycles. The Morgan fingerprint density at radius 1 is 0.955 bits per heavy atom. The van der Waals surface area contributed by atoms with E-state index in [-0.39, 0.29) is 24.0 Å². The zero-order valence-corrected chi connectivity index (χ0v) is 15.7. The Labute approximate surface area is 150 Å². The molecule has 4 heteroatoms. The fourth-order valence-corrected chi connectivity index (χ4v) is 2.34. The molecule has 0 spiro atoms. The SMILES string of the molecule is Cc1ccc(NC(N)=NCCc2cc(C)cc(C)c2)cc1.I. The van der Waals surface area contributed by atoms with E-state index in [1.807, 2.05) is 24.3 Å². The van der Waals surface area contributed by atoms with Crippen molar-refractivity contribution < 1.29 is 0 Å². The summed E-state index contributed by atoms with van der Waals surface area (Å²) in [5.41, 5.74) is 12.0.